The predicted octanol–water partition coefficient (Wildman–Crippen LogP) is 4.15. The number of sulfonamides is 1. The molecule has 0 spiro atoms. The van der Waals surface area contributed by atoms with Crippen LogP contribution in [0, 0.1) is 24.7 Å². The summed E-state index contributed by atoms with van der Waals surface area (Å²) in [6.07, 6.45) is 0. The summed E-state index contributed by atoms with van der Waals surface area (Å²) in [5.41, 5.74) is 5.47. The zero-order valence-corrected chi connectivity index (χ0v) is 20.8. The third-order valence-corrected chi connectivity index (χ3v) is 8.83. The van der Waals surface area contributed by atoms with Crippen LogP contribution in [0.5, 0.6) is 0 Å². The number of hydrogen-bond donors (Lipinski definition) is 2. The van der Waals surface area contributed by atoms with Gasteiger partial charge in [0.15, 0.2) is 9.09 Å². The maximum Gasteiger partial charge on any atom is 0.283 e. The number of amides is 1. The third-order valence-electron chi connectivity index (χ3n) is 4.50. The number of hydrogen-bond acceptors (Lipinski definition) is 8. The number of hydrazone groups is 1. The number of carbonyl (C=O) groups excluding carboxylic acids is 1. The second kappa shape index (κ2) is 8.99. The van der Waals surface area contributed by atoms with E-state index in [1.54, 1.807) is 26.0 Å². The lowest BCUT2D eigenvalue weighted by Gasteiger charge is -2.05. The molecule has 3 rings (SSSR count). The van der Waals surface area contributed by atoms with Crippen molar-refractivity contribution in [1.29, 1.82) is 0 Å². The molecule has 0 saturated heterocycles. The Kier molecular flexibility index (Phi) is 6.74. The average molecular weight is 496 g/mol. The van der Waals surface area contributed by atoms with E-state index in [1.807, 2.05) is 25.5 Å². The van der Waals surface area contributed by atoms with Crippen LogP contribution in [-0.2, 0) is 17.1 Å². The third kappa shape index (κ3) is 5.09. The summed E-state index contributed by atoms with van der Waals surface area (Å²) >= 11 is 7.64. The monoisotopic (exact) mass is 495 g/mol. The highest BCUT2D eigenvalue weighted by Gasteiger charge is 2.20. The molecule has 31 heavy (non-hydrogen) atoms. The van der Waals surface area contributed by atoms with E-state index in [-0.39, 0.29) is 14.9 Å². The van der Waals surface area contributed by atoms with Crippen LogP contribution >= 0.6 is 34.9 Å². The SMILES string of the molecule is C/C(=N/NC(=O)c1sc(NS(=O)(=O)c2ccc(C)cc2)nc1C)c1sc(=S)n(C)c1C. The number of rotatable bonds is 6. The van der Waals surface area contributed by atoms with Crippen molar-refractivity contribution in [3.8, 4) is 0 Å². The van der Waals surface area contributed by atoms with Gasteiger partial charge in [-0.1, -0.05) is 29.0 Å². The summed E-state index contributed by atoms with van der Waals surface area (Å²) in [5, 5.41) is 4.29. The Morgan fingerprint density at radius 2 is 1.77 bits per heavy atom. The van der Waals surface area contributed by atoms with E-state index in [4.69, 9.17) is 12.2 Å². The highest BCUT2D eigenvalue weighted by molar-refractivity contribution is 7.93. The van der Waals surface area contributed by atoms with E-state index in [2.05, 4.69) is 20.2 Å². The lowest BCUT2D eigenvalue weighted by molar-refractivity contribution is 0.0958. The number of carbonyl (C=O) groups is 1. The molecule has 0 radical (unpaired) electrons. The molecule has 2 aromatic heterocycles. The summed E-state index contributed by atoms with van der Waals surface area (Å²) < 4.78 is 30.2. The lowest BCUT2D eigenvalue weighted by atomic mass is 10.2. The molecule has 0 atom stereocenters. The van der Waals surface area contributed by atoms with Crippen LogP contribution in [0.1, 0.15) is 38.4 Å². The van der Waals surface area contributed by atoms with Crippen LogP contribution in [0.2, 0.25) is 0 Å². The van der Waals surface area contributed by atoms with E-state index < -0.39 is 15.9 Å². The molecule has 1 amide bonds. The molecule has 3 aromatic rings. The van der Waals surface area contributed by atoms with E-state index >= 15 is 0 Å². The van der Waals surface area contributed by atoms with Gasteiger partial charge in [0, 0.05) is 12.7 Å². The summed E-state index contributed by atoms with van der Waals surface area (Å²) in [6, 6.07) is 6.46. The Morgan fingerprint density at radius 1 is 1.13 bits per heavy atom. The van der Waals surface area contributed by atoms with Gasteiger partial charge in [-0.05, 0) is 52.0 Å². The van der Waals surface area contributed by atoms with Crippen LogP contribution < -0.4 is 10.1 Å². The molecule has 164 valence electrons. The molecule has 0 aliphatic heterocycles. The first-order valence-corrected chi connectivity index (χ1v) is 12.6. The van der Waals surface area contributed by atoms with Crippen LogP contribution in [0.25, 0.3) is 0 Å². The number of thiazole rings is 2. The molecule has 0 unspecified atom stereocenters. The molecule has 0 aliphatic rings. The van der Waals surface area contributed by atoms with Crippen molar-refractivity contribution in [2.24, 2.45) is 12.1 Å². The van der Waals surface area contributed by atoms with Gasteiger partial charge >= 0.3 is 0 Å². The summed E-state index contributed by atoms with van der Waals surface area (Å²) in [5.74, 6) is -0.465. The van der Waals surface area contributed by atoms with Crippen LogP contribution in [0.3, 0.4) is 0 Å². The largest absolute Gasteiger partial charge is 0.330 e. The number of anilines is 1. The van der Waals surface area contributed by atoms with Crippen LogP contribution in [0.15, 0.2) is 34.3 Å². The zero-order valence-electron chi connectivity index (χ0n) is 17.5. The fourth-order valence-electron chi connectivity index (χ4n) is 2.63. The van der Waals surface area contributed by atoms with Crippen LogP contribution in [0.4, 0.5) is 5.13 Å². The smallest absolute Gasteiger partial charge is 0.283 e. The molecule has 8 nitrogen and oxygen atoms in total. The van der Waals surface area contributed by atoms with Crippen molar-refractivity contribution in [2.75, 3.05) is 4.72 Å². The van der Waals surface area contributed by atoms with Crippen LogP contribution in [-0.4, -0.2) is 29.6 Å². The minimum atomic E-state index is -3.80. The van der Waals surface area contributed by atoms with Crippen molar-refractivity contribution >= 4 is 61.7 Å². The topological polar surface area (TPSA) is 105 Å². The van der Waals surface area contributed by atoms with Gasteiger partial charge in [0.2, 0.25) is 0 Å². The Balaban J connectivity index is 1.77. The van der Waals surface area contributed by atoms with Gasteiger partial charge in [-0.15, -0.1) is 11.3 Å². The normalized spacial score (nSPS) is 12.1. The molecule has 0 fully saturated rings. The minimum absolute atomic E-state index is 0.112. The second-order valence-electron chi connectivity index (χ2n) is 6.83. The molecular weight excluding hydrogens is 475 g/mol. The summed E-state index contributed by atoms with van der Waals surface area (Å²) in [6.45, 7) is 7.23. The molecule has 0 saturated carbocycles. The number of nitrogens with zero attached hydrogens (tertiary/aromatic N) is 3. The zero-order chi connectivity index (χ0) is 22.9. The van der Waals surface area contributed by atoms with Gasteiger partial charge in [0.25, 0.3) is 15.9 Å². The van der Waals surface area contributed by atoms with E-state index in [0.29, 0.717) is 11.4 Å². The molecule has 2 heterocycles. The Morgan fingerprint density at radius 3 is 2.35 bits per heavy atom. The second-order valence-corrected chi connectivity index (χ2v) is 11.2. The number of benzene rings is 1. The maximum atomic E-state index is 12.6. The highest BCUT2D eigenvalue weighted by atomic mass is 32.2. The van der Waals surface area contributed by atoms with Crippen molar-refractivity contribution in [3.05, 3.63) is 54.9 Å². The lowest BCUT2D eigenvalue weighted by Crippen LogP contribution is -2.19. The predicted molar refractivity (Wildman–Crippen MR) is 127 cm³/mol. The fraction of sp³-hybridized carbons (Fsp3) is 0.263. The summed E-state index contributed by atoms with van der Waals surface area (Å²) in [4.78, 5) is 18.1. The maximum absolute atomic E-state index is 12.6. The summed E-state index contributed by atoms with van der Waals surface area (Å²) in [7, 11) is -1.92. The molecule has 2 N–H and O–H groups in total. The number of aromatic nitrogens is 2. The van der Waals surface area contributed by atoms with E-state index in [1.165, 1.54) is 23.5 Å². The van der Waals surface area contributed by atoms with Gasteiger partial charge in [-0.25, -0.2) is 18.8 Å². The fourth-order valence-corrected chi connectivity index (χ4v) is 6.04. The first kappa shape index (κ1) is 23.3. The molecule has 1 aromatic carbocycles. The molecule has 0 bridgehead atoms. The first-order chi connectivity index (χ1) is 14.5. The van der Waals surface area contributed by atoms with Crippen molar-refractivity contribution in [3.63, 3.8) is 0 Å². The van der Waals surface area contributed by atoms with Gasteiger partial charge in [0.1, 0.15) is 4.88 Å². The van der Waals surface area contributed by atoms with E-state index in [9.17, 15) is 13.2 Å². The standard InChI is InChI=1S/C19H21N5O3S4/c1-10-6-8-14(9-7-10)31(26,27)23-18-20-11(2)16(29-18)17(25)22-21-12(3)15-13(4)24(5)19(28)30-15/h6-9H,1-5H3,(H,20,23)(H,22,25)/b21-12-. The number of aryl methyl sites for hydroxylation is 2. The Labute approximate surface area is 193 Å². The first-order valence-electron chi connectivity index (χ1n) is 9.08. The van der Waals surface area contributed by atoms with Crippen molar-refractivity contribution in [2.45, 2.75) is 32.6 Å². The van der Waals surface area contributed by atoms with Gasteiger partial charge in [-0.2, -0.15) is 5.10 Å². The van der Waals surface area contributed by atoms with Crippen molar-refractivity contribution < 1.29 is 13.2 Å². The van der Waals surface area contributed by atoms with E-state index in [0.717, 1.165) is 31.4 Å². The van der Waals surface area contributed by atoms with Crippen molar-refractivity contribution in [1.82, 2.24) is 15.0 Å². The van der Waals surface area contributed by atoms with Gasteiger partial charge in [-0.3, -0.25) is 9.52 Å². The highest BCUT2D eigenvalue weighted by Crippen LogP contribution is 2.25. The molecule has 0 aliphatic carbocycles. The number of nitrogens with one attached hydrogen (secondary N) is 2. The Bertz CT molecular complexity index is 1330. The quantitative estimate of drug-likeness (QED) is 0.304. The Hall–Kier alpha value is -2.41. The van der Waals surface area contributed by atoms with Gasteiger partial charge in [0.05, 0.1) is 21.2 Å². The molecular formula is C19H21N5O3S4. The minimum Gasteiger partial charge on any atom is -0.330 e. The van der Waals surface area contributed by atoms with Gasteiger partial charge < -0.3 is 4.57 Å². The average Bonchev–Trinajstić information content (AvgIpc) is 3.19. The molecule has 12 heteroatoms.